The average Bonchev–Trinajstić information content (AvgIpc) is 2.82. The first-order chi connectivity index (χ1) is 8.16. The van der Waals surface area contributed by atoms with E-state index < -0.39 is 0 Å². The topological polar surface area (TPSA) is 38.3 Å². The third-order valence-corrected chi connectivity index (χ3v) is 4.59. The van der Waals surface area contributed by atoms with Crippen LogP contribution in [0.25, 0.3) is 0 Å². The van der Waals surface area contributed by atoms with Gasteiger partial charge in [0, 0.05) is 6.54 Å². The highest BCUT2D eigenvalue weighted by atomic mass is 16.5. The molecule has 1 atom stereocenters. The van der Waals surface area contributed by atoms with Crippen LogP contribution in [0.3, 0.4) is 0 Å². The lowest BCUT2D eigenvalue weighted by Gasteiger charge is -2.31. The molecule has 1 N–H and O–H groups in total. The molecule has 0 aromatic carbocycles. The van der Waals surface area contributed by atoms with Gasteiger partial charge >= 0.3 is 5.97 Å². The van der Waals surface area contributed by atoms with Crippen LogP contribution in [0.1, 0.15) is 52.4 Å². The van der Waals surface area contributed by atoms with Gasteiger partial charge in [-0.05, 0) is 51.0 Å². The molecular weight excluding hydrogens is 214 g/mol. The number of ether oxygens (including phenoxy) is 1. The minimum absolute atomic E-state index is 0.0459. The zero-order chi connectivity index (χ0) is 12.3. The van der Waals surface area contributed by atoms with Crippen LogP contribution in [0.4, 0.5) is 0 Å². The number of rotatable bonds is 3. The van der Waals surface area contributed by atoms with Gasteiger partial charge in [-0.25, -0.2) is 0 Å². The normalized spacial score (nSPS) is 38.0. The third kappa shape index (κ3) is 2.82. The molecule has 1 unspecified atom stereocenters. The summed E-state index contributed by atoms with van der Waals surface area (Å²) in [5.74, 6) is 0.850. The molecule has 2 aliphatic rings. The van der Waals surface area contributed by atoms with Gasteiger partial charge in [0.2, 0.25) is 0 Å². The lowest BCUT2D eigenvalue weighted by atomic mass is 9.84. The first-order valence-electron chi connectivity index (χ1n) is 7.08. The maximum Gasteiger partial charge on any atom is 0.313 e. The highest BCUT2D eigenvalue weighted by Crippen LogP contribution is 2.33. The highest BCUT2D eigenvalue weighted by Gasteiger charge is 2.42. The van der Waals surface area contributed by atoms with Gasteiger partial charge in [0.25, 0.3) is 0 Å². The zero-order valence-corrected chi connectivity index (χ0v) is 11.1. The molecule has 98 valence electrons. The lowest BCUT2D eigenvalue weighted by Crippen LogP contribution is -2.37. The van der Waals surface area contributed by atoms with E-state index in [1.807, 2.05) is 0 Å². The van der Waals surface area contributed by atoms with Crippen molar-refractivity contribution < 1.29 is 9.53 Å². The standard InChI is InChI=1S/C14H25NO2/c1-3-14(8-9-15-10-14)13(16)17-12-6-4-11(2)5-7-12/h11-12,15H,3-10H2,1-2H3. The van der Waals surface area contributed by atoms with Gasteiger partial charge in [-0.1, -0.05) is 13.8 Å². The summed E-state index contributed by atoms with van der Waals surface area (Å²) < 4.78 is 5.74. The Bertz CT molecular complexity index is 263. The quantitative estimate of drug-likeness (QED) is 0.769. The Morgan fingerprint density at radius 1 is 1.35 bits per heavy atom. The fourth-order valence-electron chi connectivity index (χ4n) is 2.99. The van der Waals surface area contributed by atoms with Gasteiger partial charge in [-0.2, -0.15) is 0 Å². The zero-order valence-electron chi connectivity index (χ0n) is 11.1. The summed E-state index contributed by atoms with van der Waals surface area (Å²) in [6.07, 6.45) is 6.53. The Morgan fingerprint density at radius 2 is 2.06 bits per heavy atom. The first-order valence-corrected chi connectivity index (χ1v) is 7.08. The molecule has 0 amide bonds. The molecule has 3 heteroatoms. The molecular formula is C14H25NO2. The van der Waals surface area contributed by atoms with E-state index in [4.69, 9.17) is 4.74 Å². The monoisotopic (exact) mass is 239 g/mol. The summed E-state index contributed by atoms with van der Waals surface area (Å²) in [4.78, 5) is 12.3. The Hall–Kier alpha value is -0.570. The minimum Gasteiger partial charge on any atom is -0.462 e. The van der Waals surface area contributed by atoms with Gasteiger partial charge in [0.1, 0.15) is 6.10 Å². The van der Waals surface area contributed by atoms with E-state index in [0.717, 1.165) is 44.7 Å². The Morgan fingerprint density at radius 3 is 2.59 bits per heavy atom. The van der Waals surface area contributed by atoms with Crippen molar-refractivity contribution in [3.63, 3.8) is 0 Å². The molecule has 0 bridgehead atoms. The summed E-state index contributed by atoms with van der Waals surface area (Å²) in [6, 6.07) is 0. The van der Waals surface area contributed by atoms with Crippen LogP contribution in [-0.2, 0) is 9.53 Å². The number of carbonyl (C=O) groups is 1. The number of hydrogen-bond acceptors (Lipinski definition) is 3. The van der Waals surface area contributed by atoms with Gasteiger partial charge in [0.05, 0.1) is 5.41 Å². The van der Waals surface area contributed by atoms with E-state index in [0.29, 0.717) is 0 Å². The molecule has 3 nitrogen and oxygen atoms in total. The van der Waals surface area contributed by atoms with Crippen molar-refractivity contribution in [2.75, 3.05) is 13.1 Å². The van der Waals surface area contributed by atoms with Crippen LogP contribution in [0, 0.1) is 11.3 Å². The second-order valence-electron chi connectivity index (χ2n) is 5.85. The van der Waals surface area contributed by atoms with Crippen LogP contribution in [0.15, 0.2) is 0 Å². The van der Waals surface area contributed by atoms with E-state index >= 15 is 0 Å². The predicted molar refractivity (Wildman–Crippen MR) is 67.7 cm³/mol. The second-order valence-corrected chi connectivity index (χ2v) is 5.85. The largest absolute Gasteiger partial charge is 0.462 e. The van der Waals surface area contributed by atoms with Crippen molar-refractivity contribution in [1.82, 2.24) is 5.32 Å². The van der Waals surface area contributed by atoms with Crippen LogP contribution < -0.4 is 5.32 Å². The minimum atomic E-state index is -0.233. The molecule has 1 aliphatic carbocycles. The first kappa shape index (κ1) is 12.9. The fraction of sp³-hybridized carbons (Fsp3) is 0.929. The van der Waals surface area contributed by atoms with Crippen molar-refractivity contribution in [1.29, 1.82) is 0 Å². The van der Waals surface area contributed by atoms with Gasteiger partial charge in [0.15, 0.2) is 0 Å². The van der Waals surface area contributed by atoms with Crippen LogP contribution in [-0.4, -0.2) is 25.2 Å². The molecule has 1 heterocycles. The average molecular weight is 239 g/mol. The molecule has 0 spiro atoms. The van der Waals surface area contributed by atoms with Gasteiger partial charge in [-0.15, -0.1) is 0 Å². The Labute approximate surface area is 104 Å². The van der Waals surface area contributed by atoms with E-state index in [1.54, 1.807) is 0 Å². The molecule has 1 saturated carbocycles. The summed E-state index contributed by atoms with van der Waals surface area (Å²) in [5.41, 5.74) is -0.233. The molecule has 2 fully saturated rings. The van der Waals surface area contributed by atoms with E-state index in [-0.39, 0.29) is 17.5 Å². The number of hydrogen-bond donors (Lipinski definition) is 1. The fourth-order valence-corrected chi connectivity index (χ4v) is 2.99. The van der Waals surface area contributed by atoms with Crippen molar-refractivity contribution in [3.05, 3.63) is 0 Å². The van der Waals surface area contributed by atoms with Crippen molar-refractivity contribution in [3.8, 4) is 0 Å². The van der Waals surface area contributed by atoms with E-state index in [1.165, 1.54) is 12.8 Å². The molecule has 0 radical (unpaired) electrons. The summed E-state index contributed by atoms with van der Waals surface area (Å²) in [6.45, 7) is 6.12. The third-order valence-electron chi connectivity index (χ3n) is 4.59. The lowest BCUT2D eigenvalue weighted by molar-refractivity contribution is -0.162. The number of nitrogens with one attached hydrogen (secondary N) is 1. The SMILES string of the molecule is CCC1(C(=O)OC2CCC(C)CC2)CCNC1. The molecule has 0 aromatic rings. The van der Waals surface area contributed by atoms with Crippen molar-refractivity contribution in [2.45, 2.75) is 58.5 Å². The molecule has 1 saturated heterocycles. The van der Waals surface area contributed by atoms with Gasteiger partial charge in [-0.3, -0.25) is 4.79 Å². The highest BCUT2D eigenvalue weighted by molar-refractivity contribution is 5.77. The van der Waals surface area contributed by atoms with Gasteiger partial charge < -0.3 is 10.1 Å². The molecule has 2 rings (SSSR count). The predicted octanol–water partition coefficient (Wildman–Crippen LogP) is 2.50. The molecule has 1 aliphatic heterocycles. The van der Waals surface area contributed by atoms with Crippen LogP contribution in [0.5, 0.6) is 0 Å². The van der Waals surface area contributed by atoms with Crippen molar-refractivity contribution >= 4 is 5.97 Å². The number of carbonyl (C=O) groups excluding carboxylic acids is 1. The second kappa shape index (κ2) is 5.38. The molecule has 0 aromatic heterocycles. The summed E-state index contributed by atoms with van der Waals surface area (Å²) >= 11 is 0. The maximum absolute atomic E-state index is 12.3. The van der Waals surface area contributed by atoms with E-state index in [9.17, 15) is 4.79 Å². The Kier molecular flexibility index (Phi) is 4.08. The van der Waals surface area contributed by atoms with Crippen molar-refractivity contribution in [2.24, 2.45) is 11.3 Å². The van der Waals surface area contributed by atoms with E-state index in [2.05, 4.69) is 19.2 Å². The maximum atomic E-state index is 12.3. The smallest absolute Gasteiger partial charge is 0.313 e. The Balaban J connectivity index is 1.87. The van der Waals surface area contributed by atoms with Crippen LogP contribution >= 0.6 is 0 Å². The summed E-state index contributed by atoms with van der Waals surface area (Å²) in [5, 5.41) is 3.29. The summed E-state index contributed by atoms with van der Waals surface area (Å²) in [7, 11) is 0. The molecule has 17 heavy (non-hydrogen) atoms. The number of esters is 1. The van der Waals surface area contributed by atoms with Crippen LogP contribution in [0.2, 0.25) is 0 Å².